The van der Waals surface area contributed by atoms with Gasteiger partial charge in [0, 0.05) is 13.0 Å². The number of carbonyl (C=O) groups excluding carboxylic acids is 1. The van der Waals surface area contributed by atoms with Gasteiger partial charge in [0.25, 0.3) is 0 Å². The molecule has 21 heavy (non-hydrogen) atoms. The summed E-state index contributed by atoms with van der Waals surface area (Å²) in [6, 6.07) is 9.68. The van der Waals surface area contributed by atoms with Crippen LogP contribution in [-0.2, 0) is 4.74 Å². The smallest absolute Gasteiger partial charge is 0.410 e. The van der Waals surface area contributed by atoms with Gasteiger partial charge in [0.1, 0.15) is 5.60 Å². The maximum absolute atomic E-state index is 12.4. The number of benzene rings is 1. The van der Waals surface area contributed by atoms with Gasteiger partial charge < -0.3 is 14.7 Å². The molecule has 0 aliphatic carbocycles. The van der Waals surface area contributed by atoms with E-state index in [2.05, 4.69) is 0 Å². The van der Waals surface area contributed by atoms with Crippen molar-refractivity contribution >= 4 is 6.09 Å². The van der Waals surface area contributed by atoms with E-state index in [0.717, 1.165) is 5.56 Å². The summed E-state index contributed by atoms with van der Waals surface area (Å²) in [4.78, 5) is 14.2. The topological polar surface area (TPSA) is 49.8 Å². The molecule has 4 heteroatoms. The lowest BCUT2D eigenvalue weighted by Crippen LogP contribution is -2.48. The fourth-order valence-electron chi connectivity index (χ4n) is 2.66. The highest BCUT2D eigenvalue weighted by atomic mass is 16.6. The summed E-state index contributed by atoms with van der Waals surface area (Å²) in [5.41, 5.74) is -0.236. The minimum atomic E-state index is -0.751. The molecule has 1 aliphatic rings. The molecule has 0 bridgehead atoms. The average Bonchev–Trinajstić information content (AvgIpc) is 2.36. The molecule has 1 fully saturated rings. The van der Waals surface area contributed by atoms with Crippen molar-refractivity contribution in [2.75, 3.05) is 6.54 Å². The highest BCUT2D eigenvalue weighted by molar-refractivity contribution is 5.69. The van der Waals surface area contributed by atoms with Crippen molar-refractivity contribution in [2.24, 2.45) is 0 Å². The van der Waals surface area contributed by atoms with Crippen LogP contribution < -0.4 is 0 Å². The van der Waals surface area contributed by atoms with Crippen LogP contribution in [0.2, 0.25) is 0 Å². The second-order valence-corrected chi connectivity index (χ2v) is 7.05. The van der Waals surface area contributed by atoms with Gasteiger partial charge in [0.05, 0.1) is 11.6 Å². The summed E-state index contributed by atoms with van der Waals surface area (Å²) in [7, 11) is 0. The van der Waals surface area contributed by atoms with Crippen LogP contribution in [0.4, 0.5) is 4.79 Å². The number of piperidine rings is 1. The van der Waals surface area contributed by atoms with Crippen molar-refractivity contribution in [3.05, 3.63) is 35.9 Å². The molecule has 2 atom stereocenters. The van der Waals surface area contributed by atoms with E-state index in [0.29, 0.717) is 19.4 Å². The number of aliphatic hydroxyl groups is 1. The maximum atomic E-state index is 12.4. The lowest BCUT2D eigenvalue weighted by Gasteiger charge is -2.42. The molecule has 2 rings (SSSR count). The monoisotopic (exact) mass is 291 g/mol. The summed E-state index contributed by atoms with van der Waals surface area (Å²) in [6.07, 6.45) is 0.776. The molecule has 0 spiro atoms. The Morgan fingerprint density at radius 2 is 1.95 bits per heavy atom. The molecular weight excluding hydrogens is 266 g/mol. The van der Waals surface area contributed by atoms with Crippen LogP contribution in [0.5, 0.6) is 0 Å². The van der Waals surface area contributed by atoms with E-state index in [4.69, 9.17) is 4.74 Å². The number of carbonyl (C=O) groups is 1. The van der Waals surface area contributed by atoms with E-state index in [1.165, 1.54) is 0 Å². The first-order valence-corrected chi connectivity index (χ1v) is 7.45. The normalized spacial score (nSPS) is 26.5. The molecule has 0 unspecified atom stereocenters. The standard InChI is InChI=1S/C17H25NO3/c1-16(2,3)21-15(19)18-11-10-17(4,20)12-14(18)13-8-6-5-7-9-13/h5-9,14,20H,10-12H2,1-4H3/t14-,17+/m1/s1. The highest BCUT2D eigenvalue weighted by Gasteiger charge is 2.39. The Hall–Kier alpha value is -1.55. The molecule has 1 heterocycles. The number of amides is 1. The Morgan fingerprint density at radius 3 is 2.52 bits per heavy atom. The molecule has 1 aliphatic heterocycles. The zero-order valence-electron chi connectivity index (χ0n) is 13.3. The number of rotatable bonds is 1. The van der Waals surface area contributed by atoms with Crippen LogP contribution in [0.1, 0.15) is 52.1 Å². The first kappa shape index (κ1) is 15.8. The molecule has 0 radical (unpaired) electrons. The summed E-state index contributed by atoms with van der Waals surface area (Å²) < 4.78 is 5.50. The highest BCUT2D eigenvalue weighted by Crippen LogP contribution is 2.37. The van der Waals surface area contributed by atoms with Crippen LogP contribution in [0, 0.1) is 0 Å². The lowest BCUT2D eigenvalue weighted by molar-refractivity contribution is -0.0452. The Balaban J connectivity index is 2.24. The van der Waals surface area contributed by atoms with Crippen molar-refractivity contribution < 1.29 is 14.6 Å². The summed E-state index contributed by atoms with van der Waals surface area (Å²) in [5, 5.41) is 10.4. The molecule has 0 aromatic heterocycles. The number of nitrogens with zero attached hydrogens (tertiary/aromatic N) is 1. The van der Waals surface area contributed by atoms with E-state index in [9.17, 15) is 9.90 Å². The lowest BCUT2D eigenvalue weighted by atomic mass is 9.85. The fourth-order valence-corrected chi connectivity index (χ4v) is 2.66. The predicted molar refractivity (Wildman–Crippen MR) is 82.0 cm³/mol. The Labute approximate surface area is 126 Å². The molecule has 0 saturated carbocycles. The molecule has 1 saturated heterocycles. The van der Waals surface area contributed by atoms with Gasteiger partial charge in [0.15, 0.2) is 0 Å². The molecule has 4 nitrogen and oxygen atoms in total. The van der Waals surface area contributed by atoms with E-state index >= 15 is 0 Å². The molecule has 1 N–H and O–H groups in total. The second kappa shape index (κ2) is 5.68. The molecule has 1 amide bonds. The second-order valence-electron chi connectivity index (χ2n) is 7.05. The van der Waals surface area contributed by atoms with Gasteiger partial charge in [-0.15, -0.1) is 0 Å². The van der Waals surface area contributed by atoms with Gasteiger partial charge in [-0.3, -0.25) is 0 Å². The van der Waals surface area contributed by atoms with Gasteiger partial charge in [0.2, 0.25) is 0 Å². The van der Waals surface area contributed by atoms with Crippen LogP contribution in [0.25, 0.3) is 0 Å². The van der Waals surface area contributed by atoms with Gasteiger partial charge in [-0.25, -0.2) is 4.79 Å². The number of likely N-dealkylation sites (tertiary alicyclic amines) is 1. The summed E-state index contributed by atoms with van der Waals surface area (Å²) in [6.45, 7) is 7.92. The van der Waals surface area contributed by atoms with Crippen molar-refractivity contribution in [2.45, 2.75) is 57.8 Å². The first-order chi connectivity index (χ1) is 9.68. The third kappa shape index (κ3) is 4.21. The summed E-state index contributed by atoms with van der Waals surface area (Å²) >= 11 is 0. The Morgan fingerprint density at radius 1 is 1.33 bits per heavy atom. The molecule has 116 valence electrons. The number of hydrogen-bond acceptors (Lipinski definition) is 3. The largest absolute Gasteiger partial charge is 0.444 e. The SMILES string of the molecule is CC(C)(C)OC(=O)N1CC[C@](C)(O)C[C@@H]1c1ccccc1. The van der Waals surface area contributed by atoms with E-state index < -0.39 is 11.2 Å². The minimum Gasteiger partial charge on any atom is -0.444 e. The van der Waals surface area contributed by atoms with Crippen molar-refractivity contribution in [3.63, 3.8) is 0 Å². The third-order valence-corrected chi connectivity index (χ3v) is 3.71. The van der Waals surface area contributed by atoms with Gasteiger partial charge >= 0.3 is 6.09 Å². The third-order valence-electron chi connectivity index (χ3n) is 3.71. The zero-order valence-corrected chi connectivity index (χ0v) is 13.3. The van der Waals surface area contributed by atoms with Crippen LogP contribution in [-0.4, -0.2) is 33.8 Å². The van der Waals surface area contributed by atoms with Crippen molar-refractivity contribution in [1.82, 2.24) is 4.90 Å². The fraction of sp³-hybridized carbons (Fsp3) is 0.588. The van der Waals surface area contributed by atoms with E-state index in [-0.39, 0.29) is 12.1 Å². The van der Waals surface area contributed by atoms with Crippen molar-refractivity contribution in [3.8, 4) is 0 Å². The minimum absolute atomic E-state index is 0.148. The van der Waals surface area contributed by atoms with Crippen LogP contribution >= 0.6 is 0 Å². The zero-order chi connectivity index (χ0) is 15.7. The maximum Gasteiger partial charge on any atom is 0.410 e. The van der Waals surface area contributed by atoms with E-state index in [1.54, 1.807) is 4.90 Å². The van der Waals surface area contributed by atoms with E-state index in [1.807, 2.05) is 58.0 Å². The Bertz CT molecular complexity index is 491. The predicted octanol–water partition coefficient (Wildman–Crippen LogP) is 3.51. The van der Waals surface area contributed by atoms with Gasteiger partial charge in [-0.2, -0.15) is 0 Å². The number of ether oxygens (including phenoxy) is 1. The van der Waals surface area contributed by atoms with Gasteiger partial charge in [-0.05, 0) is 39.7 Å². The Kier molecular flexibility index (Phi) is 4.28. The number of hydrogen-bond donors (Lipinski definition) is 1. The molecule has 1 aromatic carbocycles. The average molecular weight is 291 g/mol. The van der Waals surface area contributed by atoms with Crippen molar-refractivity contribution in [1.29, 1.82) is 0 Å². The molecule has 1 aromatic rings. The van der Waals surface area contributed by atoms with Crippen LogP contribution in [0.3, 0.4) is 0 Å². The quantitative estimate of drug-likeness (QED) is 0.861. The first-order valence-electron chi connectivity index (χ1n) is 7.45. The molecular formula is C17H25NO3. The van der Waals surface area contributed by atoms with Gasteiger partial charge in [-0.1, -0.05) is 30.3 Å². The summed E-state index contributed by atoms with van der Waals surface area (Å²) in [5.74, 6) is 0. The van der Waals surface area contributed by atoms with Crippen LogP contribution in [0.15, 0.2) is 30.3 Å².